The van der Waals surface area contributed by atoms with Crippen LogP contribution in [0.3, 0.4) is 0 Å². The van der Waals surface area contributed by atoms with Crippen molar-refractivity contribution in [2.45, 2.75) is 43.9 Å². The molecular weight excluding hydrogens is 246 g/mol. The third-order valence-corrected chi connectivity index (χ3v) is 3.95. The summed E-state index contributed by atoms with van der Waals surface area (Å²) in [6, 6.07) is 3.62. The molecule has 2 aliphatic heterocycles. The second-order valence-corrected chi connectivity index (χ2v) is 5.14. The summed E-state index contributed by atoms with van der Waals surface area (Å²) in [6.45, 7) is 0.362. The minimum absolute atomic E-state index is 0.256. The molecule has 0 radical (unpaired) electrons. The molecule has 3 atom stereocenters. The van der Waals surface area contributed by atoms with E-state index in [1.54, 1.807) is 6.07 Å². The molecule has 2 aromatic heterocycles. The zero-order valence-electron chi connectivity index (χ0n) is 10.4. The molecule has 2 fully saturated rings. The number of fused-ring (bicyclic) bond motifs is 2. The van der Waals surface area contributed by atoms with Crippen molar-refractivity contribution >= 4 is 0 Å². The van der Waals surface area contributed by atoms with Crippen LogP contribution in [-0.4, -0.2) is 22.3 Å². The van der Waals surface area contributed by atoms with E-state index in [0.29, 0.717) is 30.1 Å². The lowest BCUT2D eigenvalue weighted by molar-refractivity contribution is 0.0996. The smallest absolute Gasteiger partial charge is 0.293 e. The first-order chi connectivity index (χ1) is 9.33. The van der Waals surface area contributed by atoms with Crippen LogP contribution in [-0.2, 0) is 11.3 Å². The molecule has 0 aromatic carbocycles. The van der Waals surface area contributed by atoms with Crippen LogP contribution in [0, 0.1) is 0 Å². The van der Waals surface area contributed by atoms with E-state index >= 15 is 0 Å². The lowest BCUT2D eigenvalue weighted by Gasteiger charge is -2.13. The Morgan fingerprint density at radius 3 is 2.95 bits per heavy atom. The van der Waals surface area contributed by atoms with Crippen molar-refractivity contribution in [3.8, 4) is 11.7 Å². The average Bonchev–Trinajstić information content (AvgIpc) is 3.19. The van der Waals surface area contributed by atoms with Gasteiger partial charge in [0.05, 0.1) is 24.7 Å². The molecule has 0 saturated carbocycles. The number of hydrogen-bond acceptors (Lipinski definition) is 6. The molecule has 2 N–H and O–H groups in total. The van der Waals surface area contributed by atoms with Gasteiger partial charge >= 0.3 is 0 Å². The fraction of sp³-hybridized carbons (Fsp3) is 0.538. The SMILES string of the molecule is NCc1ccc(-c2nc(C3CC4CCC3O4)no2)o1. The maximum Gasteiger partial charge on any atom is 0.293 e. The molecule has 3 unspecified atom stereocenters. The normalized spacial score (nSPS) is 29.2. The second-order valence-electron chi connectivity index (χ2n) is 5.14. The largest absolute Gasteiger partial charge is 0.455 e. The molecule has 2 saturated heterocycles. The highest BCUT2D eigenvalue weighted by molar-refractivity contribution is 5.44. The van der Waals surface area contributed by atoms with Crippen LogP contribution in [0.5, 0.6) is 0 Å². The number of hydrogen-bond donors (Lipinski definition) is 1. The lowest BCUT2D eigenvalue weighted by atomic mass is 9.89. The summed E-state index contributed by atoms with van der Waals surface area (Å²) < 4.78 is 16.6. The molecule has 4 rings (SSSR count). The fourth-order valence-corrected chi connectivity index (χ4v) is 3.00. The maximum atomic E-state index is 5.81. The summed E-state index contributed by atoms with van der Waals surface area (Å²) in [4.78, 5) is 4.44. The molecule has 0 spiro atoms. The van der Waals surface area contributed by atoms with Crippen molar-refractivity contribution < 1.29 is 13.7 Å². The zero-order chi connectivity index (χ0) is 12.8. The summed E-state index contributed by atoms with van der Waals surface area (Å²) in [5.74, 6) is 2.69. The van der Waals surface area contributed by atoms with E-state index in [1.165, 1.54) is 0 Å². The molecular formula is C13H15N3O3. The minimum atomic E-state index is 0.256. The van der Waals surface area contributed by atoms with Crippen LogP contribution in [0.25, 0.3) is 11.7 Å². The van der Waals surface area contributed by atoms with E-state index in [4.69, 9.17) is 19.4 Å². The molecule has 0 aliphatic carbocycles. The number of furan rings is 1. The van der Waals surface area contributed by atoms with Crippen LogP contribution >= 0.6 is 0 Å². The molecule has 2 aromatic rings. The van der Waals surface area contributed by atoms with Crippen molar-refractivity contribution in [1.82, 2.24) is 10.1 Å². The molecule has 2 bridgehead atoms. The standard InChI is InChI=1S/C13H15N3O3/c14-6-8-2-4-11(18-8)13-15-12(16-19-13)9-5-7-1-3-10(9)17-7/h2,4,7,9-10H,1,3,5-6,14H2. The lowest BCUT2D eigenvalue weighted by Crippen LogP contribution is -2.15. The van der Waals surface area contributed by atoms with Gasteiger partial charge in [0, 0.05) is 0 Å². The predicted molar refractivity (Wildman–Crippen MR) is 65.1 cm³/mol. The Morgan fingerprint density at radius 2 is 2.26 bits per heavy atom. The number of rotatable bonds is 3. The highest BCUT2D eigenvalue weighted by Crippen LogP contribution is 2.43. The summed E-state index contributed by atoms with van der Waals surface area (Å²) in [5.41, 5.74) is 5.51. The Kier molecular flexibility index (Phi) is 2.46. The maximum absolute atomic E-state index is 5.81. The van der Waals surface area contributed by atoms with Crippen LogP contribution in [0.15, 0.2) is 21.1 Å². The van der Waals surface area contributed by atoms with Crippen LogP contribution in [0.1, 0.15) is 36.8 Å². The van der Waals surface area contributed by atoms with Gasteiger partial charge in [0.2, 0.25) is 0 Å². The van der Waals surface area contributed by atoms with Crippen LogP contribution < -0.4 is 5.73 Å². The summed E-state index contributed by atoms with van der Waals surface area (Å²) in [7, 11) is 0. The van der Waals surface area contributed by atoms with Gasteiger partial charge in [-0.3, -0.25) is 0 Å². The molecule has 2 aliphatic rings. The molecule has 100 valence electrons. The van der Waals surface area contributed by atoms with Gasteiger partial charge in [-0.2, -0.15) is 4.98 Å². The molecule has 19 heavy (non-hydrogen) atoms. The van der Waals surface area contributed by atoms with E-state index in [-0.39, 0.29) is 12.0 Å². The Hall–Kier alpha value is -1.66. The van der Waals surface area contributed by atoms with E-state index in [0.717, 1.165) is 25.1 Å². The van der Waals surface area contributed by atoms with Gasteiger partial charge in [0.15, 0.2) is 11.6 Å². The van der Waals surface area contributed by atoms with E-state index in [9.17, 15) is 0 Å². The Morgan fingerprint density at radius 1 is 1.32 bits per heavy atom. The molecule has 0 amide bonds. The first-order valence-electron chi connectivity index (χ1n) is 6.61. The quantitative estimate of drug-likeness (QED) is 0.906. The van der Waals surface area contributed by atoms with Crippen molar-refractivity contribution in [3.05, 3.63) is 23.7 Å². The fourth-order valence-electron chi connectivity index (χ4n) is 3.00. The number of nitrogens with zero attached hydrogens (tertiary/aromatic N) is 2. The van der Waals surface area contributed by atoms with Crippen molar-refractivity contribution in [2.24, 2.45) is 5.73 Å². The van der Waals surface area contributed by atoms with Gasteiger partial charge in [-0.05, 0) is 31.4 Å². The van der Waals surface area contributed by atoms with E-state index < -0.39 is 0 Å². The summed E-state index contributed by atoms with van der Waals surface area (Å²) in [5, 5.41) is 4.07. The first-order valence-corrected chi connectivity index (χ1v) is 6.61. The zero-order valence-corrected chi connectivity index (χ0v) is 10.4. The Balaban J connectivity index is 1.59. The highest BCUT2D eigenvalue weighted by Gasteiger charge is 2.43. The number of aromatic nitrogens is 2. The monoisotopic (exact) mass is 261 g/mol. The average molecular weight is 261 g/mol. The van der Waals surface area contributed by atoms with Gasteiger partial charge in [-0.1, -0.05) is 5.16 Å². The predicted octanol–water partition coefficient (Wildman–Crippen LogP) is 1.82. The van der Waals surface area contributed by atoms with Crippen LogP contribution in [0.4, 0.5) is 0 Å². The third-order valence-electron chi connectivity index (χ3n) is 3.95. The van der Waals surface area contributed by atoms with Crippen molar-refractivity contribution in [3.63, 3.8) is 0 Å². The van der Waals surface area contributed by atoms with Crippen molar-refractivity contribution in [2.75, 3.05) is 0 Å². The van der Waals surface area contributed by atoms with Crippen molar-refractivity contribution in [1.29, 1.82) is 0 Å². The Labute approximate surface area is 109 Å². The number of nitrogens with two attached hydrogens (primary N) is 1. The molecule has 4 heterocycles. The second kappa shape index (κ2) is 4.18. The van der Waals surface area contributed by atoms with Crippen LogP contribution in [0.2, 0.25) is 0 Å². The van der Waals surface area contributed by atoms with Gasteiger partial charge in [0.1, 0.15) is 5.76 Å². The Bertz CT molecular complexity index is 591. The summed E-state index contributed by atoms with van der Waals surface area (Å²) in [6.07, 6.45) is 3.88. The van der Waals surface area contributed by atoms with E-state index in [2.05, 4.69) is 10.1 Å². The molecule has 6 nitrogen and oxygen atoms in total. The summed E-state index contributed by atoms with van der Waals surface area (Å²) >= 11 is 0. The third kappa shape index (κ3) is 1.79. The molecule has 6 heteroatoms. The van der Waals surface area contributed by atoms with Gasteiger partial charge < -0.3 is 19.4 Å². The highest BCUT2D eigenvalue weighted by atomic mass is 16.5. The van der Waals surface area contributed by atoms with Gasteiger partial charge in [-0.25, -0.2) is 0 Å². The van der Waals surface area contributed by atoms with E-state index in [1.807, 2.05) is 6.07 Å². The minimum Gasteiger partial charge on any atom is -0.455 e. The topological polar surface area (TPSA) is 87.3 Å². The number of ether oxygens (including phenoxy) is 1. The van der Waals surface area contributed by atoms with Gasteiger partial charge in [0.25, 0.3) is 5.89 Å². The first kappa shape index (κ1) is 11.2. The van der Waals surface area contributed by atoms with Gasteiger partial charge in [-0.15, -0.1) is 0 Å².